The summed E-state index contributed by atoms with van der Waals surface area (Å²) in [6.45, 7) is 14.3. The predicted octanol–water partition coefficient (Wildman–Crippen LogP) is 1.38. The van der Waals surface area contributed by atoms with Crippen LogP contribution in [0.3, 0.4) is 0 Å². The minimum absolute atomic E-state index is 0.115. The summed E-state index contributed by atoms with van der Waals surface area (Å²) in [7, 11) is 0. The van der Waals surface area contributed by atoms with E-state index in [9.17, 15) is 9.59 Å². The average molecular weight is 325 g/mol. The Bertz CT molecular complexity index is 527. The molecule has 0 aromatic carbocycles. The van der Waals surface area contributed by atoms with Crippen LogP contribution in [0.5, 0.6) is 0 Å². The van der Waals surface area contributed by atoms with Crippen LogP contribution in [-0.2, 0) is 14.3 Å². The van der Waals surface area contributed by atoms with Crippen molar-refractivity contribution in [2.24, 2.45) is 11.7 Å². The van der Waals surface area contributed by atoms with Crippen LogP contribution in [0, 0.1) is 5.92 Å². The highest BCUT2D eigenvalue weighted by atomic mass is 16.6. The molecule has 3 N–H and O–H groups in total. The molecule has 2 unspecified atom stereocenters. The first-order valence-corrected chi connectivity index (χ1v) is 8.40. The summed E-state index contributed by atoms with van der Waals surface area (Å²) < 4.78 is 6.34. The van der Waals surface area contributed by atoms with Gasteiger partial charge in [0.05, 0.1) is 5.92 Å². The van der Waals surface area contributed by atoms with Crippen molar-refractivity contribution in [1.29, 1.82) is 0 Å². The molecule has 0 saturated carbocycles. The summed E-state index contributed by atoms with van der Waals surface area (Å²) >= 11 is 0. The zero-order valence-corrected chi connectivity index (χ0v) is 15.4. The second-order valence-electron chi connectivity index (χ2n) is 8.64. The van der Waals surface area contributed by atoms with Gasteiger partial charge < -0.3 is 20.7 Å². The number of carbonyl (C=O) groups is 2. The van der Waals surface area contributed by atoms with Gasteiger partial charge in [-0.3, -0.25) is 9.59 Å². The lowest BCUT2D eigenvalue weighted by Crippen LogP contribution is -2.73. The zero-order valence-electron chi connectivity index (χ0n) is 15.4. The number of nitrogens with two attached hydrogens (primary N) is 1. The van der Waals surface area contributed by atoms with Gasteiger partial charge in [0.2, 0.25) is 5.91 Å². The molecule has 0 aliphatic carbocycles. The molecular weight excluding hydrogens is 294 g/mol. The fraction of sp³-hybridized carbons (Fsp3) is 0.882. The van der Waals surface area contributed by atoms with Gasteiger partial charge in [0, 0.05) is 24.0 Å². The number of nitrogens with one attached hydrogen (secondary N) is 1. The first kappa shape index (κ1) is 18.2. The third-order valence-electron chi connectivity index (χ3n) is 4.97. The molecule has 2 saturated heterocycles. The van der Waals surface area contributed by atoms with Gasteiger partial charge >= 0.3 is 0 Å². The summed E-state index contributed by atoms with van der Waals surface area (Å²) in [6, 6.07) is 0. The van der Waals surface area contributed by atoms with Gasteiger partial charge in [-0.1, -0.05) is 6.92 Å². The molecular formula is C17H31N3O3. The number of hydrogen-bond donors (Lipinski definition) is 2. The molecule has 2 aliphatic heterocycles. The number of amides is 2. The van der Waals surface area contributed by atoms with E-state index in [-0.39, 0.29) is 11.4 Å². The monoisotopic (exact) mass is 325 g/mol. The van der Waals surface area contributed by atoms with E-state index in [1.165, 1.54) is 0 Å². The maximum absolute atomic E-state index is 13.3. The Morgan fingerprint density at radius 3 is 2.35 bits per heavy atom. The molecule has 2 fully saturated rings. The van der Waals surface area contributed by atoms with Crippen molar-refractivity contribution in [3.63, 3.8) is 0 Å². The number of nitrogens with zero attached hydrogens (tertiary/aromatic N) is 1. The highest BCUT2D eigenvalue weighted by Gasteiger charge is 2.68. The van der Waals surface area contributed by atoms with Crippen molar-refractivity contribution in [3.05, 3.63) is 0 Å². The topological polar surface area (TPSA) is 84.7 Å². The zero-order chi connectivity index (χ0) is 17.8. The van der Waals surface area contributed by atoms with E-state index in [4.69, 9.17) is 10.5 Å². The SMILES string of the molecule is CCCN1C(=O)C2(CC(C)(C)NC(C)(C)C2C(N)=O)OC1(C)C. The Morgan fingerprint density at radius 2 is 1.87 bits per heavy atom. The van der Waals surface area contributed by atoms with Gasteiger partial charge in [-0.25, -0.2) is 0 Å². The number of carbonyl (C=O) groups excluding carboxylic acids is 2. The number of primary amides is 1. The maximum atomic E-state index is 13.3. The van der Waals surface area contributed by atoms with Crippen molar-refractivity contribution < 1.29 is 14.3 Å². The summed E-state index contributed by atoms with van der Waals surface area (Å²) in [5.41, 5.74) is 2.79. The molecule has 6 heteroatoms. The van der Waals surface area contributed by atoms with Crippen LogP contribution >= 0.6 is 0 Å². The molecule has 2 atom stereocenters. The van der Waals surface area contributed by atoms with E-state index in [0.717, 1.165) is 6.42 Å². The second-order valence-corrected chi connectivity index (χ2v) is 8.64. The Labute approximate surface area is 139 Å². The first-order chi connectivity index (χ1) is 10.3. The molecule has 2 amide bonds. The Balaban J connectivity index is 2.60. The van der Waals surface area contributed by atoms with Crippen molar-refractivity contribution in [2.75, 3.05) is 6.54 Å². The molecule has 132 valence electrons. The maximum Gasteiger partial charge on any atom is 0.258 e. The lowest BCUT2D eigenvalue weighted by atomic mass is 9.64. The number of hydrogen-bond acceptors (Lipinski definition) is 4. The fourth-order valence-corrected chi connectivity index (χ4v) is 4.82. The largest absolute Gasteiger partial charge is 0.369 e. The van der Waals surface area contributed by atoms with Crippen LogP contribution in [0.25, 0.3) is 0 Å². The van der Waals surface area contributed by atoms with Crippen LogP contribution in [0.15, 0.2) is 0 Å². The Hall–Kier alpha value is -1.14. The molecule has 1 spiro atoms. The average Bonchev–Trinajstić information content (AvgIpc) is 2.45. The molecule has 0 bridgehead atoms. The van der Waals surface area contributed by atoms with Crippen LogP contribution in [0.2, 0.25) is 0 Å². The minimum atomic E-state index is -1.21. The van der Waals surface area contributed by atoms with E-state index >= 15 is 0 Å². The molecule has 0 aromatic rings. The quantitative estimate of drug-likeness (QED) is 0.821. The fourth-order valence-electron chi connectivity index (χ4n) is 4.82. The van der Waals surface area contributed by atoms with Crippen LogP contribution in [-0.4, -0.2) is 45.7 Å². The Morgan fingerprint density at radius 1 is 1.30 bits per heavy atom. The van der Waals surface area contributed by atoms with E-state index < -0.39 is 28.7 Å². The minimum Gasteiger partial charge on any atom is -0.369 e. The highest BCUT2D eigenvalue weighted by molar-refractivity contribution is 5.95. The number of piperidine rings is 1. The normalized spacial score (nSPS) is 34.8. The third-order valence-corrected chi connectivity index (χ3v) is 4.97. The Kier molecular flexibility index (Phi) is 4.10. The van der Waals surface area contributed by atoms with Crippen molar-refractivity contribution in [3.8, 4) is 0 Å². The van der Waals surface area contributed by atoms with Crippen LogP contribution in [0.1, 0.15) is 61.3 Å². The third kappa shape index (κ3) is 2.76. The van der Waals surface area contributed by atoms with E-state index in [2.05, 4.69) is 5.32 Å². The summed E-state index contributed by atoms with van der Waals surface area (Å²) in [4.78, 5) is 27.4. The smallest absolute Gasteiger partial charge is 0.258 e. The van der Waals surface area contributed by atoms with Gasteiger partial charge in [0.25, 0.3) is 5.91 Å². The van der Waals surface area contributed by atoms with Crippen LogP contribution in [0.4, 0.5) is 0 Å². The van der Waals surface area contributed by atoms with E-state index in [1.807, 2.05) is 48.5 Å². The lowest BCUT2D eigenvalue weighted by Gasteiger charge is -2.54. The molecule has 2 aliphatic rings. The number of ether oxygens (including phenoxy) is 1. The van der Waals surface area contributed by atoms with Crippen LogP contribution < -0.4 is 11.1 Å². The second kappa shape index (κ2) is 5.18. The van der Waals surface area contributed by atoms with Crippen molar-refractivity contribution in [2.45, 2.75) is 83.7 Å². The van der Waals surface area contributed by atoms with Gasteiger partial charge in [-0.15, -0.1) is 0 Å². The van der Waals surface area contributed by atoms with Gasteiger partial charge in [-0.2, -0.15) is 0 Å². The summed E-state index contributed by atoms with van der Waals surface area (Å²) in [5, 5.41) is 3.46. The lowest BCUT2D eigenvalue weighted by molar-refractivity contribution is -0.185. The molecule has 0 radical (unpaired) electrons. The van der Waals surface area contributed by atoms with Crippen molar-refractivity contribution >= 4 is 11.8 Å². The van der Waals surface area contributed by atoms with E-state index in [1.54, 1.807) is 4.90 Å². The molecule has 23 heavy (non-hydrogen) atoms. The molecule has 2 heterocycles. The first-order valence-electron chi connectivity index (χ1n) is 8.40. The standard InChI is InChI=1S/C17H31N3O3/c1-8-9-20-13(22)17(23-16(20,6)7)10-14(2,3)19-15(4,5)11(17)12(18)21/h11,19H,8-10H2,1-7H3,(H2,18,21). The summed E-state index contributed by atoms with van der Waals surface area (Å²) in [6.07, 6.45) is 1.25. The predicted molar refractivity (Wildman–Crippen MR) is 88.5 cm³/mol. The van der Waals surface area contributed by atoms with Gasteiger partial charge in [0.1, 0.15) is 5.72 Å². The number of rotatable bonds is 3. The highest BCUT2D eigenvalue weighted by Crippen LogP contribution is 2.50. The van der Waals surface area contributed by atoms with Gasteiger partial charge in [-0.05, 0) is 48.0 Å². The summed E-state index contributed by atoms with van der Waals surface area (Å²) in [5.74, 6) is -1.34. The molecule has 6 nitrogen and oxygen atoms in total. The van der Waals surface area contributed by atoms with Gasteiger partial charge in [0.15, 0.2) is 5.60 Å². The van der Waals surface area contributed by atoms with Crippen molar-refractivity contribution in [1.82, 2.24) is 10.2 Å². The molecule has 2 rings (SSSR count). The van der Waals surface area contributed by atoms with E-state index in [0.29, 0.717) is 13.0 Å². The molecule has 0 aromatic heterocycles.